The highest BCUT2D eigenvalue weighted by Crippen LogP contribution is 2.21. The first-order valence-corrected chi connectivity index (χ1v) is 9.22. The minimum Gasteiger partial charge on any atom is -0.389 e. The lowest BCUT2D eigenvalue weighted by atomic mass is 10.1. The van der Waals surface area contributed by atoms with Crippen LogP contribution in [0.25, 0.3) is 0 Å². The van der Waals surface area contributed by atoms with E-state index in [-0.39, 0.29) is 17.0 Å². The molecule has 2 aliphatic heterocycles. The third-order valence-electron chi connectivity index (χ3n) is 3.61. The summed E-state index contributed by atoms with van der Waals surface area (Å²) < 4.78 is 18.7. The summed E-state index contributed by atoms with van der Waals surface area (Å²) in [6.07, 6.45) is 0.891. The number of amidine groups is 1. The average molecular weight is 383 g/mol. The van der Waals surface area contributed by atoms with Crippen LogP contribution in [0, 0.1) is 0 Å². The van der Waals surface area contributed by atoms with Crippen LogP contribution >= 0.6 is 24.4 Å². The number of nitrogens with zero attached hydrogens (tertiary/aromatic N) is 2. The largest absolute Gasteiger partial charge is 0.389 e. The van der Waals surface area contributed by atoms with Gasteiger partial charge in [-0.25, -0.2) is 4.39 Å². The van der Waals surface area contributed by atoms with Crippen molar-refractivity contribution in [3.63, 3.8) is 0 Å². The quantitative estimate of drug-likeness (QED) is 0.476. The molecule has 0 radical (unpaired) electrons. The minimum absolute atomic E-state index is 0.101. The Morgan fingerprint density at radius 3 is 2.88 bits per heavy atom. The van der Waals surface area contributed by atoms with Crippen LogP contribution in [0.4, 0.5) is 4.39 Å². The normalized spacial score (nSPS) is 23.9. The Hall–Kier alpha value is -1.58. The number of amides is 1. The van der Waals surface area contributed by atoms with Crippen LogP contribution in [0.5, 0.6) is 0 Å². The molecule has 25 heavy (non-hydrogen) atoms. The van der Waals surface area contributed by atoms with Gasteiger partial charge >= 0.3 is 0 Å². The molecule has 6 nitrogen and oxygen atoms in total. The molecule has 1 saturated heterocycles. The van der Waals surface area contributed by atoms with Crippen molar-refractivity contribution in [1.29, 1.82) is 0 Å². The number of carbonyl (C=O) groups excluding carboxylic acids is 1. The maximum absolute atomic E-state index is 13.5. The van der Waals surface area contributed by atoms with Gasteiger partial charge in [-0.05, 0) is 12.1 Å². The molecule has 2 heterocycles. The molecule has 2 atom stereocenters. The van der Waals surface area contributed by atoms with Gasteiger partial charge in [0.25, 0.3) is 5.91 Å². The highest BCUT2D eigenvalue weighted by molar-refractivity contribution is 8.14. The first-order valence-electron chi connectivity index (χ1n) is 7.89. The second kappa shape index (κ2) is 8.68. The molecule has 1 amide bonds. The van der Waals surface area contributed by atoms with E-state index < -0.39 is 11.4 Å². The van der Waals surface area contributed by atoms with Gasteiger partial charge in [0.2, 0.25) is 0 Å². The zero-order valence-electron chi connectivity index (χ0n) is 13.4. The molecule has 0 bridgehead atoms. The summed E-state index contributed by atoms with van der Waals surface area (Å²) in [5.74, 6) is -0.494. The highest BCUT2D eigenvalue weighted by atomic mass is 32.2. The number of oxime groups is 1. The Labute approximate surface area is 154 Å². The zero-order chi connectivity index (χ0) is 17.6. The van der Waals surface area contributed by atoms with E-state index >= 15 is 0 Å². The van der Waals surface area contributed by atoms with Crippen molar-refractivity contribution < 1.29 is 18.8 Å². The van der Waals surface area contributed by atoms with Crippen molar-refractivity contribution in [2.45, 2.75) is 29.3 Å². The fourth-order valence-corrected chi connectivity index (χ4v) is 3.21. The number of aliphatic imine (C=N–C) groups is 1. The number of hydrogen-bond donors (Lipinski definition) is 2. The van der Waals surface area contributed by atoms with Crippen LogP contribution in [0.1, 0.15) is 18.4 Å². The van der Waals surface area contributed by atoms with E-state index in [9.17, 15) is 9.18 Å². The van der Waals surface area contributed by atoms with Crippen molar-refractivity contribution in [3.05, 3.63) is 29.8 Å². The summed E-state index contributed by atoms with van der Waals surface area (Å²) in [7, 11) is 0. The molecular formula is C16H18FN3O3S2. The molecule has 0 aromatic heterocycles. The molecule has 2 aliphatic rings. The van der Waals surface area contributed by atoms with Crippen LogP contribution in [0.3, 0.4) is 0 Å². The number of carbonyl (C=O) groups is 1. The van der Waals surface area contributed by atoms with Gasteiger partial charge in [0.15, 0.2) is 22.5 Å². The van der Waals surface area contributed by atoms with Gasteiger partial charge in [-0.2, -0.15) is 0 Å². The molecule has 1 N–H and O–H groups in total. The predicted molar refractivity (Wildman–Crippen MR) is 98.1 cm³/mol. The first kappa shape index (κ1) is 18.2. The first-order chi connectivity index (χ1) is 12.1. The molecule has 1 aromatic carbocycles. The second-order valence-corrected chi connectivity index (χ2v) is 7.19. The van der Waals surface area contributed by atoms with Crippen molar-refractivity contribution in [3.8, 4) is 0 Å². The topological polar surface area (TPSA) is 72.3 Å². The average Bonchev–Trinajstić information content (AvgIpc) is 3.10. The molecule has 134 valence electrons. The number of nitrogens with one attached hydrogen (secondary N) is 1. The van der Waals surface area contributed by atoms with Gasteiger partial charge in [-0.3, -0.25) is 15.1 Å². The minimum atomic E-state index is -1.07. The summed E-state index contributed by atoms with van der Waals surface area (Å²) in [6.45, 7) is 1.40. The molecule has 0 saturated carbocycles. The Balaban J connectivity index is 1.76. The summed E-state index contributed by atoms with van der Waals surface area (Å²) in [6, 6.07) is 6.96. The summed E-state index contributed by atoms with van der Waals surface area (Å²) >= 11 is 5.14. The molecule has 1 aromatic rings. The van der Waals surface area contributed by atoms with Crippen LogP contribution in [-0.2, 0) is 14.4 Å². The van der Waals surface area contributed by atoms with Crippen molar-refractivity contribution in [1.82, 2.24) is 5.32 Å². The van der Waals surface area contributed by atoms with Gasteiger partial charge < -0.3 is 9.57 Å². The number of thiol groups is 1. The van der Waals surface area contributed by atoms with E-state index in [0.717, 1.165) is 23.1 Å². The smallest absolute Gasteiger partial charge is 0.279 e. The highest BCUT2D eigenvalue weighted by Gasteiger charge is 2.23. The number of halogens is 1. The van der Waals surface area contributed by atoms with Crippen LogP contribution in [-0.4, -0.2) is 48.2 Å². The number of thioether (sulfide) groups is 1. The fraction of sp³-hybridized carbons (Fsp3) is 0.438. The standard InChI is InChI=1S/C16H18FN3O3S2/c17-13-5-7-18-16(25-13)19-15(21)14(10-1-3-12(24)4-2-10)20-23-11-6-8-22-9-11/h1-4,11,13,24H,5-9H2,(H,18,19,21)/b20-14+/t11-,13?/m1/s1. The van der Waals surface area contributed by atoms with Gasteiger partial charge in [0.05, 0.1) is 13.2 Å². The van der Waals surface area contributed by atoms with Crippen LogP contribution in [0.15, 0.2) is 39.3 Å². The molecule has 9 heteroatoms. The zero-order valence-corrected chi connectivity index (χ0v) is 15.1. The lowest BCUT2D eigenvalue weighted by Gasteiger charge is -2.16. The van der Waals surface area contributed by atoms with Gasteiger partial charge in [0, 0.05) is 29.8 Å². The van der Waals surface area contributed by atoms with E-state index in [1.165, 1.54) is 0 Å². The predicted octanol–water partition coefficient (Wildman–Crippen LogP) is 2.39. The van der Waals surface area contributed by atoms with E-state index in [1.54, 1.807) is 24.3 Å². The maximum Gasteiger partial charge on any atom is 0.279 e. The number of benzene rings is 1. The third-order valence-corrected chi connectivity index (χ3v) is 4.85. The van der Waals surface area contributed by atoms with E-state index in [0.29, 0.717) is 31.7 Å². The Kier molecular flexibility index (Phi) is 6.33. The van der Waals surface area contributed by atoms with Gasteiger partial charge in [-0.1, -0.05) is 29.1 Å². The van der Waals surface area contributed by atoms with Crippen molar-refractivity contribution in [2.75, 3.05) is 19.8 Å². The maximum atomic E-state index is 13.5. The van der Waals surface area contributed by atoms with Gasteiger partial charge in [-0.15, -0.1) is 12.6 Å². The third kappa shape index (κ3) is 5.20. The lowest BCUT2D eigenvalue weighted by Crippen LogP contribution is -2.37. The summed E-state index contributed by atoms with van der Waals surface area (Å²) in [5.41, 5.74) is -0.388. The monoisotopic (exact) mass is 383 g/mol. The number of alkyl halides is 1. The molecule has 1 unspecified atom stereocenters. The summed E-state index contributed by atoms with van der Waals surface area (Å²) in [4.78, 5) is 23.0. The number of hydrogen-bond acceptors (Lipinski definition) is 7. The van der Waals surface area contributed by atoms with Crippen molar-refractivity contribution >= 4 is 41.2 Å². The molecule has 1 fully saturated rings. The van der Waals surface area contributed by atoms with E-state index in [2.05, 4.69) is 28.1 Å². The molecule has 0 spiro atoms. The Morgan fingerprint density at radius 1 is 1.40 bits per heavy atom. The van der Waals surface area contributed by atoms with E-state index in [1.807, 2.05) is 0 Å². The lowest BCUT2D eigenvalue weighted by molar-refractivity contribution is -0.113. The molecular weight excluding hydrogens is 365 g/mol. The van der Waals surface area contributed by atoms with Crippen LogP contribution in [0.2, 0.25) is 0 Å². The summed E-state index contributed by atoms with van der Waals surface area (Å²) in [5, 5.41) is 6.90. The Morgan fingerprint density at radius 2 is 2.20 bits per heavy atom. The number of rotatable bonds is 4. The molecule has 3 rings (SSSR count). The SMILES string of the molecule is O=C(NC1=NCCC(F)S1)/C(=N/O[C@@H]1CCOC1)c1ccc(S)cc1. The number of ether oxygens (including phenoxy) is 1. The van der Waals surface area contributed by atoms with Crippen LogP contribution < -0.4 is 5.32 Å². The Bertz CT molecular complexity index is 676. The fourth-order valence-electron chi connectivity index (χ4n) is 2.28. The second-order valence-electron chi connectivity index (χ2n) is 5.54. The van der Waals surface area contributed by atoms with Crippen molar-refractivity contribution in [2.24, 2.45) is 10.1 Å². The van der Waals surface area contributed by atoms with Gasteiger partial charge in [0.1, 0.15) is 0 Å². The van der Waals surface area contributed by atoms with E-state index in [4.69, 9.17) is 9.57 Å². The molecule has 0 aliphatic carbocycles.